The van der Waals surface area contributed by atoms with Crippen molar-refractivity contribution in [3.63, 3.8) is 0 Å². The Morgan fingerprint density at radius 1 is 1.31 bits per heavy atom. The topological polar surface area (TPSA) is 72.0 Å². The van der Waals surface area contributed by atoms with Crippen molar-refractivity contribution in [1.82, 2.24) is 9.97 Å². The van der Waals surface area contributed by atoms with Crippen molar-refractivity contribution in [2.75, 3.05) is 4.72 Å². The van der Waals surface area contributed by atoms with E-state index in [2.05, 4.69) is 14.7 Å². The highest BCUT2D eigenvalue weighted by Crippen LogP contribution is 2.26. The Morgan fingerprint density at radius 2 is 2.12 bits per heavy atom. The molecule has 0 unspecified atom stereocenters. The van der Waals surface area contributed by atoms with Crippen LogP contribution in [0.3, 0.4) is 0 Å². The van der Waals surface area contributed by atoms with Crippen LogP contribution < -0.4 is 4.72 Å². The molecule has 2 aromatic rings. The Morgan fingerprint density at radius 3 is 2.69 bits per heavy atom. The van der Waals surface area contributed by atoms with Crippen LogP contribution in [0.2, 0.25) is 4.34 Å². The Bertz CT molecular complexity index is 582. The van der Waals surface area contributed by atoms with Crippen LogP contribution in [0.5, 0.6) is 0 Å². The zero-order chi connectivity index (χ0) is 11.6. The zero-order valence-electron chi connectivity index (χ0n) is 7.79. The van der Waals surface area contributed by atoms with Gasteiger partial charge in [0.15, 0.2) is 5.82 Å². The first-order chi connectivity index (χ1) is 7.58. The molecule has 0 bridgehead atoms. The summed E-state index contributed by atoms with van der Waals surface area (Å²) in [4.78, 5) is 7.57. The number of nitrogens with one attached hydrogen (secondary N) is 1. The van der Waals surface area contributed by atoms with Crippen LogP contribution in [-0.4, -0.2) is 18.4 Å². The third kappa shape index (κ3) is 2.49. The third-order valence-electron chi connectivity index (χ3n) is 1.62. The maximum atomic E-state index is 11.8. The Labute approximate surface area is 101 Å². The Kier molecular flexibility index (Phi) is 3.08. The Hall–Kier alpha value is -1.18. The van der Waals surface area contributed by atoms with E-state index in [0.29, 0.717) is 4.34 Å². The molecule has 8 heteroatoms. The summed E-state index contributed by atoms with van der Waals surface area (Å²) in [6.45, 7) is 0. The van der Waals surface area contributed by atoms with Gasteiger partial charge in [0.05, 0.1) is 10.5 Å². The lowest BCUT2D eigenvalue weighted by Gasteiger charge is -2.03. The monoisotopic (exact) mass is 275 g/mol. The number of aromatic nitrogens is 2. The van der Waals surface area contributed by atoms with Crippen LogP contribution in [0.25, 0.3) is 0 Å². The van der Waals surface area contributed by atoms with E-state index in [1.165, 1.54) is 30.7 Å². The van der Waals surface area contributed by atoms with Crippen molar-refractivity contribution in [3.8, 4) is 0 Å². The second-order valence-corrected chi connectivity index (χ2v) is 6.38. The lowest BCUT2D eigenvalue weighted by Crippen LogP contribution is -2.12. The minimum atomic E-state index is -3.61. The first kappa shape index (κ1) is 11.3. The summed E-state index contributed by atoms with van der Waals surface area (Å²) >= 11 is 6.65. The van der Waals surface area contributed by atoms with Crippen molar-refractivity contribution in [2.24, 2.45) is 0 Å². The molecule has 5 nitrogen and oxygen atoms in total. The number of rotatable bonds is 3. The molecule has 0 amide bonds. The second kappa shape index (κ2) is 4.36. The minimum absolute atomic E-state index is 0.142. The average Bonchev–Trinajstić information content (AvgIpc) is 2.66. The highest BCUT2D eigenvalue weighted by atomic mass is 35.5. The van der Waals surface area contributed by atoms with Gasteiger partial charge < -0.3 is 0 Å². The molecule has 0 spiro atoms. The molecule has 0 saturated carbocycles. The third-order valence-corrected chi connectivity index (χ3v) is 4.69. The van der Waals surface area contributed by atoms with Crippen LogP contribution in [0.4, 0.5) is 5.82 Å². The molecule has 84 valence electrons. The van der Waals surface area contributed by atoms with Gasteiger partial charge in [-0.15, -0.1) is 11.3 Å². The summed E-state index contributed by atoms with van der Waals surface area (Å²) in [6, 6.07) is 2.96. The summed E-state index contributed by atoms with van der Waals surface area (Å²) < 4.78 is 26.4. The van der Waals surface area contributed by atoms with Crippen LogP contribution in [0.15, 0.2) is 34.9 Å². The molecule has 0 aliphatic rings. The molecule has 0 aliphatic heterocycles. The lowest BCUT2D eigenvalue weighted by molar-refractivity contribution is 0.603. The van der Waals surface area contributed by atoms with Gasteiger partial charge >= 0.3 is 0 Å². The van der Waals surface area contributed by atoms with Gasteiger partial charge in [-0.1, -0.05) is 11.6 Å². The molecule has 0 fully saturated rings. The summed E-state index contributed by atoms with van der Waals surface area (Å²) in [6.07, 6.45) is 4.19. The quantitative estimate of drug-likeness (QED) is 0.930. The maximum absolute atomic E-state index is 11.8. The average molecular weight is 276 g/mol. The normalized spacial score (nSPS) is 11.3. The fraction of sp³-hybridized carbons (Fsp3) is 0. The van der Waals surface area contributed by atoms with Gasteiger partial charge in [-0.3, -0.25) is 9.71 Å². The molecule has 2 heterocycles. The van der Waals surface area contributed by atoms with Crippen molar-refractivity contribution < 1.29 is 8.42 Å². The number of anilines is 1. The van der Waals surface area contributed by atoms with E-state index < -0.39 is 10.0 Å². The van der Waals surface area contributed by atoms with E-state index >= 15 is 0 Å². The van der Waals surface area contributed by atoms with E-state index in [1.54, 1.807) is 0 Å². The highest BCUT2D eigenvalue weighted by molar-refractivity contribution is 7.94. The molecule has 0 aliphatic carbocycles. The molecule has 0 atom stereocenters. The Balaban J connectivity index is 2.28. The molecule has 0 saturated heterocycles. The van der Waals surface area contributed by atoms with Gasteiger partial charge in [-0.05, 0) is 12.1 Å². The van der Waals surface area contributed by atoms with Crippen molar-refractivity contribution in [1.29, 1.82) is 0 Å². The van der Waals surface area contributed by atoms with E-state index in [0.717, 1.165) is 11.3 Å². The minimum Gasteiger partial charge on any atom is -0.261 e. The number of nitrogens with zero attached hydrogens (tertiary/aromatic N) is 2. The molecular formula is C8H6ClN3O2S2. The number of halogens is 1. The van der Waals surface area contributed by atoms with Crippen molar-refractivity contribution >= 4 is 38.8 Å². The van der Waals surface area contributed by atoms with Gasteiger partial charge in [0.1, 0.15) is 4.21 Å². The van der Waals surface area contributed by atoms with Gasteiger partial charge in [-0.25, -0.2) is 13.4 Å². The number of thiophene rings is 1. The summed E-state index contributed by atoms with van der Waals surface area (Å²) in [5.41, 5.74) is 0. The van der Waals surface area contributed by atoms with E-state index in [9.17, 15) is 8.42 Å². The van der Waals surface area contributed by atoms with Crippen LogP contribution >= 0.6 is 22.9 Å². The molecule has 1 N–H and O–H groups in total. The SMILES string of the molecule is O=S(=O)(Nc1cnccn1)c1ccc(Cl)s1. The predicted molar refractivity (Wildman–Crippen MR) is 62.2 cm³/mol. The van der Waals surface area contributed by atoms with E-state index in [1.807, 2.05) is 0 Å². The van der Waals surface area contributed by atoms with E-state index in [4.69, 9.17) is 11.6 Å². The fourth-order valence-electron chi connectivity index (χ4n) is 0.982. The van der Waals surface area contributed by atoms with Crippen molar-refractivity contribution in [3.05, 3.63) is 35.1 Å². The summed E-state index contributed by atoms with van der Waals surface area (Å²) in [5, 5.41) is 0. The number of sulfonamides is 1. The summed E-state index contributed by atoms with van der Waals surface area (Å²) in [5.74, 6) is 0.173. The smallest absolute Gasteiger partial charge is 0.261 e. The van der Waals surface area contributed by atoms with Gasteiger partial charge in [-0.2, -0.15) is 0 Å². The molecule has 0 aromatic carbocycles. The second-order valence-electron chi connectivity index (χ2n) is 2.75. The predicted octanol–water partition coefficient (Wildman–Crippen LogP) is 1.99. The van der Waals surface area contributed by atoms with Crippen LogP contribution in [0.1, 0.15) is 0 Å². The van der Waals surface area contributed by atoms with Gasteiger partial charge in [0.2, 0.25) is 0 Å². The molecular weight excluding hydrogens is 270 g/mol. The zero-order valence-corrected chi connectivity index (χ0v) is 10.2. The van der Waals surface area contributed by atoms with Gasteiger partial charge in [0, 0.05) is 12.4 Å². The number of hydrogen-bond donors (Lipinski definition) is 1. The van der Waals surface area contributed by atoms with Crippen LogP contribution in [-0.2, 0) is 10.0 Å². The molecule has 2 aromatic heterocycles. The lowest BCUT2D eigenvalue weighted by atomic mass is 10.7. The molecule has 0 radical (unpaired) electrons. The summed E-state index contributed by atoms with van der Waals surface area (Å²) in [7, 11) is -3.61. The van der Waals surface area contributed by atoms with Crippen molar-refractivity contribution in [2.45, 2.75) is 4.21 Å². The van der Waals surface area contributed by atoms with E-state index in [-0.39, 0.29) is 10.0 Å². The fourth-order valence-corrected chi connectivity index (χ4v) is 3.46. The van der Waals surface area contributed by atoms with Gasteiger partial charge in [0.25, 0.3) is 10.0 Å². The van der Waals surface area contributed by atoms with Crippen LogP contribution in [0, 0.1) is 0 Å². The number of hydrogen-bond acceptors (Lipinski definition) is 5. The highest BCUT2D eigenvalue weighted by Gasteiger charge is 2.17. The largest absolute Gasteiger partial charge is 0.272 e. The molecule has 2 rings (SSSR count). The first-order valence-electron chi connectivity index (χ1n) is 4.12. The standard InChI is InChI=1S/C8H6ClN3O2S2/c9-6-1-2-8(15-6)16(13,14)12-7-5-10-3-4-11-7/h1-5H,(H,11,12). The maximum Gasteiger partial charge on any atom is 0.272 e. The first-order valence-corrected chi connectivity index (χ1v) is 6.80. The molecule has 16 heavy (non-hydrogen) atoms.